The lowest BCUT2D eigenvalue weighted by molar-refractivity contribution is 0.0994. The lowest BCUT2D eigenvalue weighted by Crippen LogP contribution is -2.13. The van der Waals surface area contributed by atoms with Gasteiger partial charge in [-0.15, -0.1) is 0 Å². The van der Waals surface area contributed by atoms with Gasteiger partial charge in [-0.2, -0.15) is 0 Å². The van der Waals surface area contributed by atoms with Crippen LogP contribution in [0.2, 0.25) is 0 Å². The molecular weight excluding hydrogens is 278 g/mol. The van der Waals surface area contributed by atoms with Crippen molar-refractivity contribution in [3.8, 4) is 0 Å². The average Bonchev–Trinajstić information content (AvgIpc) is 2.85. The topological polar surface area (TPSA) is 68.0 Å². The summed E-state index contributed by atoms with van der Waals surface area (Å²) in [5, 5.41) is 3.82. The standard InChI is InChI=1S/C17H17N3O2/c1-4-12-9-15(13-7-5-6-8-14(13)19-12)20-17(21)16-10(2)18-11(3)22-16/h5-9H,4H2,1-3H3,(H,19,20,21). The molecule has 0 saturated heterocycles. The van der Waals surface area contributed by atoms with Crippen molar-refractivity contribution in [1.29, 1.82) is 0 Å². The van der Waals surface area contributed by atoms with Crippen LogP contribution < -0.4 is 5.32 Å². The van der Waals surface area contributed by atoms with E-state index >= 15 is 0 Å². The summed E-state index contributed by atoms with van der Waals surface area (Å²) in [5.74, 6) is 0.435. The highest BCUT2D eigenvalue weighted by atomic mass is 16.4. The van der Waals surface area contributed by atoms with Crippen LogP contribution in [-0.2, 0) is 6.42 Å². The van der Waals surface area contributed by atoms with Crippen LogP contribution in [-0.4, -0.2) is 15.9 Å². The second-order valence-electron chi connectivity index (χ2n) is 5.13. The van der Waals surface area contributed by atoms with Crippen LogP contribution in [0, 0.1) is 13.8 Å². The largest absolute Gasteiger partial charge is 0.436 e. The molecule has 3 rings (SSSR count). The van der Waals surface area contributed by atoms with Crippen molar-refractivity contribution in [1.82, 2.24) is 9.97 Å². The summed E-state index contributed by atoms with van der Waals surface area (Å²) in [4.78, 5) is 21.1. The van der Waals surface area contributed by atoms with E-state index in [1.165, 1.54) is 0 Å². The van der Waals surface area contributed by atoms with E-state index in [9.17, 15) is 4.79 Å². The van der Waals surface area contributed by atoms with Crippen molar-refractivity contribution in [2.45, 2.75) is 27.2 Å². The number of hydrogen-bond donors (Lipinski definition) is 1. The zero-order valence-electron chi connectivity index (χ0n) is 12.8. The highest BCUT2D eigenvalue weighted by Crippen LogP contribution is 2.24. The van der Waals surface area contributed by atoms with Crippen molar-refractivity contribution in [3.63, 3.8) is 0 Å². The number of benzene rings is 1. The molecule has 0 aliphatic heterocycles. The maximum absolute atomic E-state index is 12.4. The number of para-hydroxylation sites is 1. The normalized spacial score (nSPS) is 10.9. The Labute approximate surface area is 128 Å². The number of oxazole rings is 1. The Morgan fingerprint density at radius 1 is 1.23 bits per heavy atom. The highest BCUT2D eigenvalue weighted by molar-refractivity contribution is 6.07. The van der Waals surface area contributed by atoms with E-state index in [2.05, 4.69) is 15.3 Å². The predicted octanol–water partition coefficient (Wildman–Crippen LogP) is 3.65. The van der Waals surface area contributed by atoms with Gasteiger partial charge in [0.2, 0.25) is 5.76 Å². The fraction of sp³-hybridized carbons (Fsp3) is 0.235. The number of carbonyl (C=O) groups excluding carboxylic acids is 1. The molecule has 0 spiro atoms. The number of fused-ring (bicyclic) bond motifs is 1. The summed E-state index contributed by atoms with van der Waals surface area (Å²) in [6.07, 6.45) is 0.800. The van der Waals surface area contributed by atoms with E-state index in [0.717, 1.165) is 28.7 Å². The van der Waals surface area contributed by atoms with Crippen LogP contribution in [0.5, 0.6) is 0 Å². The van der Waals surface area contributed by atoms with Gasteiger partial charge in [0.1, 0.15) is 0 Å². The van der Waals surface area contributed by atoms with Gasteiger partial charge in [-0.1, -0.05) is 25.1 Å². The van der Waals surface area contributed by atoms with E-state index in [1.54, 1.807) is 13.8 Å². The van der Waals surface area contributed by atoms with Gasteiger partial charge in [0.25, 0.3) is 5.91 Å². The maximum Gasteiger partial charge on any atom is 0.293 e. The highest BCUT2D eigenvalue weighted by Gasteiger charge is 2.17. The number of hydrogen-bond acceptors (Lipinski definition) is 4. The minimum absolute atomic E-state index is 0.247. The zero-order chi connectivity index (χ0) is 15.7. The Bertz CT molecular complexity index is 852. The average molecular weight is 295 g/mol. The van der Waals surface area contributed by atoms with E-state index in [4.69, 9.17) is 4.42 Å². The van der Waals surface area contributed by atoms with Crippen LogP contribution in [0.25, 0.3) is 10.9 Å². The van der Waals surface area contributed by atoms with Crippen LogP contribution in [0.4, 0.5) is 5.69 Å². The van der Waals surface area contributed by atoms with Gasteiger partial charge in [-0.05, 0) is 25.5 Å². The van der Waals surface area contributed by atoms with Crippen molar-refractivity contribution < 1.29 is 9.21 Å². The Morgan fingerprint density at radius 2 is 2.00 bits per heavy atom. The number of rotatable bonds is 3. The fourth-order valence-electron chi connectivity index (χ4n) is 2.44. The Kier molecular flexibility index (Phi) is 3.63. The molecular formula is C17H17N3O2. The molecule has 0 aliphatic carbocycles. The minimum atomic E-state index is -0.295. The summed E-state index contributed by atoms with van der Waals surface area (Å²) >= 11 is 0. The van der Waals surface area contributed by atoms with E-state index in [1.807, 2.05) is 37.3 Å². The number of aryl methyl sites for hydroxylation is 3. The third kappa shape index (κ3) is 2.57. The molecule has 0 saturated carbocycles. The number of nitrogens with zero attached hydrogens (tertiary/aromatic N) is 2. The van der Waals surface area contributed by atoms with Crippen molar-refractivity contribution in [2.24, 2.45) is 0 Å². The molecule has 5 nitrogen and oxygen atoms in total. The number of anilines is 1. The molecule has 0 atom stereocenters. The summed E-state index contributed by atoms with van der Waals surface area (Å²) in [5.41, 5.74) is 3.12. The van der Waals surface area contributed by atoms with Crippen LogP contribution in [0.3, 0.4) is 0 Å². The van der Waals surface area contributed by atoms with Crippen LogP contribution in [0.1, 0.15) is 34.8 Å². The molecule has 112 valence electrons. The van der Waals surface area contributed by atoms with Crippen LogP contribution in [0.15, 0.2) is 34.7 Å². The number of amides is 1. The third-order valence-electron chi connectivity index (χ3n) is 3.49. The lowest BCUT2D eigenvalue weighted by atomic mass is 10.1. The zero-order valence-corrected chi connectivity index (χ0v) is 12.8. The monoisotopic (exact) mass is 295 g/mol. The molecule has 1 amide bonds. The van der Waals surface area contributed by atoms with Gasteiger partial charge in [-0.3, -0.25) is 9.78 Å². The van der Waals surface area contributed by atoms with Gasteiger partial charge >= 0.3 is 0 Å². The lowest BCUT2D eigenvalue weighted by Gasteiger charge is -2.09. The summed E-state index contributed by atoms with van der Waals surface area (Å²) in [7, 11) is 0. The van der Waals surface area contributed by atoms with Crippen molar-refractivity contribution in [2.75, 3.05) is 5.32 Å². The molecule has 22 heavy (non-hydrogen) atoms. The van der Waals surface area contributed by atoms with Gasteiger partial charge < -0.3 is 9.73 Å². The minimum Gasteiger partial charge on any atom is -0.436 e. The predicted molar refractivity (Wildman–Crippen MR) is 85.1 cm³/mol. The van der Waals surface area contributed by atoms with E-state index in [-0.39, 0.29) is 11.7 Å². The SMILES string of the molecule is CCc1cc(NC(=O)c2oc(C)nc2C)c2ccccc2n1. The van der Waals surface area contributed by atoms with Crippen molar-refractivity contribution in [3.05, 3.63) is 53.4 Å². The summed E-state index contributed by atoms with van der Waals surface area (Å²) in [6.45, 7) is 5.51. The molecule has 5 heteroatoms. The third-order valence-corrected chi connectivity index (χ3v) is 3.49. The number of nitrogens with one attached hydrogen (secondary N) is 1. The Morgan fingerprint density at radius 3 is 2.68 bits per heavy atom. The van der Waals surface area contributed by atoms with Gasteiger partial charge in [0.15, 0.2) is 5.89 Å². The molecule has 1 aromatic carbocycles. The number of carbonyl (C=O) groups is 1. The first-order valence-electron chi connectivity index (χ1n) is 7.22. The van der Waals surface area contributed by atoms with Crippen molar-refractivity contribution >= 4 is 22.5 Å². The molecule has 1 N–H and O–H groups in total. The second kappa shape index (κ2) is 5.60. The molecule has 0 bridgehead atoms. The molecule has 0 radical (unpaired) electrons. The second-order valence-corrected chi connectivity index (χ2v) is 5.13. The first kappa shape index (κ1) is 14.3. The van der Waals surface area contributed by atoms with E-state index < -0.39 is 0 Å². The Balaban J connectivity index is 2.03. The quantitative estimate of drug-likeness (QED) is 0.800. The van der Waals surface area contributed by atoms with Crippen LogP contribution >= 0.6 is 0 Å². The fourth-order valence-corrected chi connectivity index (χ4v) is 2.44. The molecule has 2 heterocycles. The number of pyridine rings is 1. The Hall–Kier alpha value is -2.69. The molecule has 0 unspecified atom stereocenters. The van der Waals surface area contributed by atoms with E-state index in [0.29, 0.717) is 11.6 Å². The van der Waals surface area contributed by atoms with Gasteiger partial charge in [0.05, 0.1) is 16.9 Å². The first-order chi connectivity index (χ1) is 10.6. The first-order valence-corrected chi connectivity index (χ1v) is 7.22. The smallest absolute Gasteiger partial charge is 0.293 e. The molecule has 3 aromatic rings. The molecule has 0 fully saturated rings. The maximum atomic E-state index is 12.4. The molecule has 0 aliphatic rings. The summed E-state index contributed by atoms with van der Waals surface area (Å²) < 4.78 is 5.38. The van der Waals surface area contributed by atoms with Gasteiger partial charge in [-0.25, -0.2) is 4.98 Å². The number of aromatic nitrogens is 2. The summed E-state index contributed by atoms with van der Waals surface area (Å²) in [6, 6.07) is 9.64. The van der Waals surface area contributed by atoms with Gasteiger partial charge in [0, 0.05) is 18.0 Å². The molecule has 2 aromatic heterocycles.